The molecule has 0 spiro atoms. The average molecular weight is 549 g/mol. The average Bonchev–Trinajstić information content (AvgIpc) is 3.62. The lowest BCUT2D eigenvalue weighted by molar-refractivity contribution is -0.0274. The smallest absolute Gasteiger partial charge is 0.419 e. The van der Waals surface area contributed by atoms with E-state index in [-0.39, 0.29) is 18.1 Å². The van der Waals surface area contributed by atoms with Gasteiger partial charge in [-0.2, -0.15) is 0 Å². The molecule has 2 aliphatic rings. The maximum Gasteiger partial charge on any atom is 0.419 e. The molecule has 3 aromatic rings. The summed E-state index contributed by atoms with van der Waals surface area (Å²) in [7, 11) is 3.08. The van der Waals surface area contributed by atoms with Crippen LogP contribution in [0.3, 0.4) is 0 Å². The van der Waals surface area contributed by atoms with Gasteiger partial charge in [-0.1, -0.05) is 12.1 Å². The van der Waals surface area contributed by atoms with E-state index >= 15 is 0 Å². The molecule has 0 bridgehead atoms. The number of fused-ring (bicyclic) bond motifs is 1. The molecule has 2 atom stereocenters. The molecule has 5 rings (SSSR count). The molecule has 0 unspecified atom stereocenters. The molecule has 8 heteroatoms. The molecule has 1 saturated heterocycles. The fraction of sp³-hybridized carbons (Fsp3) is 0.500. The van der Waals surface area contributed by atoms with Crippen LogP contribution in [0.15, 0.2) is 42.6 Å². The highest BCUT2D eigenvalue weighted by atomic mass is 16.6. The van der Waals surface area contributed by atoms with Crippen molar-refractivity contribution in [3.8, 4) is 5.75 Å². The zero-order valence-electron chi connectivity index (χ0n) is 24.4. The van der Waals surface area contributed by atoms with Crippen LogP contribution in [-0.2, 0) is 20.8 Å². The largest absolute Gasteiger partial charge is 0.496 e. The number of benzene rings is 2. The molecule has 0 amide bonds. The van der Waals surface area contributed by atoms with Crippen molar-refractivity contribution in [2.24, 2.45) is 0 Å². The van der Waals surface area contributed by atoms with Gasteiger partial charge in [0.15, 0.2) is 0 Å². The first-order valence-electron chi connectivity index (χ1n) is 14.1. The van der Waals surface area contributed by atoms with Gasteiger partial charge in [-0.25, -0.2) is 9.59 Å². The van der Waals surface area contributed by atoms with Crippen LogP contribution in [0.25, 0.3) is 10.9 Å². The molecule has 40 heavy (non-hydrogen) atoms. The van der Waals surface area contributed by atoms with Crippen molar-refractivity contribution in [1.82, 2.24) is 9.47 Å². The van der Waals surface area contributed by atoms with E-state index in [1.54, 1.807) is 17.9 Å². The number of esters is 1. The number of aryl methyl sites for hydroxylation is 1. The Hall–Kier alpha value is -3.36. The Kier molecular flexibility index (Phi) is 7.93. The van der Waals surface area contributed by atoms with Crippen molar-refractivity contribution in [1.29, 1.82) is 0 Å². The zero-order chi connectivity index (χ0) is 28.6. The monoisotopic (exact) mass is 548 g/mol. The number of nitrogens with zero attached hydrogens (tertiary/aromatic N) is 2. The highest BCUT2D eigenvalue weighted by Gasteiger charge is 2.35. The van der Waals surface area contributed by atoms with Crippen molar-refractivity contribution in [2.45, 2.75) is 83.8 Å². The van der Waals surface area contributed by atoms with Crippen molar-refractivity contribution in [3.63, 3.8) is 0 Å². The number of rotatable bonds is 7. The Bertz CT molecular complexity index is 1380. The van der Waals surface area contributed by atoms with Crippen molar-refractivity contribution in [3.05, 3.63) is 64.8 Å². The minimum Gasteiger partial charge on any atom is -0.496 e. The summed E-state index contributed by atoms with van der Waals surface area (Å²) in [5.41, 5.74) is 3.87. The normalized spacial score (nSPS) is 19.9. The first kappa shape index (κ1) is 28.2. The zero-order valence-corrected chi connectivity index (χ0v) is 24.4. The first-order chi connectivity index (χ1) is 19.1. The van der Waals surface area contributed by atoms with Gasteiger partial charge < -0.3 is 18.9 Å². The Morgan fingerprint density at radius 1 is 1.00 bits per heavy atom. The van der Waals surface area contributed by atoms with Gasteiger partial charge in [0, 0.05) is 36.3 Å². The molecule has 0 N–H and O–H groups in total. The Morgan fingerprint density at radius 2 is 1.73 bits per heavy atom. The number of piperidine rings is 1. The fourth-order valence-corrected chi connectivity index (χ4v) is 5.65. The van der Waals surface area contributed by atoms with E-state index in [4.69, 9.17) is 18.9 Å². The molecule has 1 aromatic heterocycles. The summed E-state index contributed by atoms with van der Waals surface area (Å²) >= 11 is 0. The van der Waals surface area contributed by atoms with E-state index in [1.807, 2.05) is 64.1 Å². The molecule has 1 aliphatic carbocycles. The van der Waals surface area contributed by atoms with Gasteiger partial charge in [0.2, 0.25) is 0 Å². The lowest BCUT2D eigenvalue weighted by Gasteiger charge is -2.40. The second kappa shape index (κ2) is 11.3. The van der Waals surface area contributed by atoms with E-state index in [0.717, 1.165) is 65.6 Å². The number of carbonyl (C=O) groups is 2. The van der Waals surface area contributed by atoms with Gasteiger partial charge >= 0.3 is 12.1 Å². The Balaban J connectivity index is 1.49. The molecule has 0 radical (unpaired) electrons. The molecule has 8 nitrogen and oxygen atoms in total. The van der Waals surface area contributed by atoms with Crippen LogP contribution in [0.5, 0.6) is 5.75 Å². The third-order valence-corrected chi connectivity index (χ3v) is 7.69. The highest BCUT2D eigenvalue weighted by molar-refractivity contribution is 5.95. The van der Waals surface area contributed by atoms with Crippen LogP contribution in [0, 0.1) is 6.92 Å². The van der Waals surface area contributed by atoms with Gasteiger partial charge in [0.25, 0.3) is 0 Å². The topological polar surface area (TPSA) is 79.2 Å². The first-order valence-corrected chi connectivity index (χ1v) is 14.1. The predicted molar refractivity (Wildman–Crippen MR) is 153 cm³/mol. The quantitative estimate of drug-likeness (QED) is 0.316. The predicted octanol–water partition coefficient (Wildman–Crippen LogP) is 6.41. The van der Waals surface area contributed by atoms with E-state index in [9.17, 15) is 9.59 Å². The molecular formula is C32H40N2O6. The lowest BCUT2D eigenvalue weighted by Crippen LogP contribution is -2.39. The van der Waals surface area contributed by atoms with Crippen LogP contribution in [0.1, 0.15) is 79.5 Å². The number of carbonyl (C=O) groups excluding carboxylic acids is 2. The lowest BCUT2D eigenvalue weighted by atomic mass is 9.91. The maximum atomic E-state index is 13.1. The van der Waals surface area contributed by atoms with Crippen LogP contribution in [0.2, 0.25) is 0 Å². The minimum absolute atomic E-state index is 0.0956. The molecule has 1 saturated carbocycles. The summed E-state index contributed by atoms with van der Waals surface area (Å²) in [5.74, 6) is 0.450. The third kappa shape index (κ3) is 6.03. The summed E-state index contributed by atoms with van der Waals surface area (Å²) in [6, 6.07) is 11.8. The minimum atomic E-state index is -0.597. The molecule has 2 aromatic carbocycles. The standard InChI is InChI=1S/C32H40N2O6/c1-20-17-28(37-5)26(25-14-16-34(29(20)25)31(36)40-32(2,3)4)19-33-15-13-24(39-23-11-12-23)18-27(33)21-7-9-22(10-8-21)30(35)38-6/h7-10,14,16-17,23-24,27H,11-13,15,18-19H2,1-6H3/t24-,27-/m0/s1. The van der Waals surface area contributed by atoms with Gasteiger partial charge in [-0.3, -0.25) is 9.47 Å². The summed E-state index contributed by atoms with van der Waals surface area (Å²) in [5, 5.41) is 0.971. The van der Waals surface area contributed by atoms with Gasteiger partial charge in [0.1, 0.15) is 11.4 Å². The number of ether oxygens (including phenoxy) is 4. The number of aromatic nitrogens is 1. The molecule has 1 aliphatic heterocycles. The van der Waals surface area contributed by atoms with Crippen LogP contribution in [0.4, 0.5) is 4.79 Å². The molecule has 214 valence electrons. The molecular weight excluding hydrogens is 508 g/mol. The summed E-state index contributed by atoms with van der Waals surface area (Å²) in [6.07, 6.45) is 6.08. The van der Waals surface area contributed by atoms with E-state index < -0.39 is 11.7 Å². The number of likely N-dealkylation sites (tertiary alicyclic amines) is 1. The number of hydrogen-bond acceptors (Lipinski definition) is 7. The summed E-state index contributed by atoms with van der Waals surface area (Å²) < 4.78 is 24.4. The van der Waals surface area contributed by atoms with E-state index in [2.05, 4.69) is 4.90 Å². The third-order valence-electron chi connectivity index (χ3n) is 7.69. The second-order valence-corrected chi connectivity index (χ2v) is 11.9. The Morgan fingerprint density at radius 3 is 2.35 bits per heavy atom. The van der Waals surface area contributed by atoms with E-state index in [1.165, 1.54) is 7.11 Å². The van der Waals surface area contributed by atoms with Crippen molar-refractivity contribution < 1.29 is 28.5 Å². The van der Waals surface area contributed by atoms with Gasteiger partial charge in [-0.15, -0.1) is 0 Å². The number of methoxy groups -OCH3 is 2. The Labute approximate surface area is 236 Å². The van der Waals surface area contributed by atoms with Crippen LogP contribution >= 0.6 is 0 Å². The summed E-state index contributed by atoms with van der Waals surface area (Å²) in [6.45, 7) is 9.08. The number of hydrogen-bond donors (Lipinski definition) is 0. The van der Waals surface area contributed by atoms with Crippen LogP contribution < -0.4 is 4.74 Å². The van der Waals surface area contributed by atoms with Crippen LogP contribution in [-0.4, -0.2) is 60.1 Å². The maximum absolute atomic E-state index is 13.1. The second-order valence-electron chi connectivity index (χ2n) is 11.9. The SMILES string of the molecule is COC(=O)c1ccc([C@@H]2C[C@@H](OC3CC3)CCN2Cc2c(OC)cc(C)c3c2ccn3C(=O)OC(C)(C)C)cc1. The fourth-order valence-electron chi connectivity index (χ4n) is 5.65. The van der Waals surface area contributed by atoms with Crippen molar-refractivity contribution >= 4 is 23.0 Å². The molecule has 2 fully saturated rings. The highest BCUT2D eigenvalue weighted by Crippen LogP contribution is 2.40. The summed E-state index contributed by atoms with van der Waals surface area (Å²) in [4.78, 5) is 27.5. The molecule has 2 heterocycles. The van der Waals surface area contributed by atoms with Gasteiger partial charge in [0.05, 0.1) is 37.5 Å². The van der Waals surface area contributed by atoms with E-state index in [0.29, 0.717) is 18.2 Å². The van der Waals surface area contributed by atoms with Crippen molar-refractivity contribution in [2.75, 3.05) is 20.8 Å². The van der Waals surface area contributed by atoms with Gasteiger partial charge in [-0.05, 0) is 88.8 Å².